The summed E-state index contributed by atoms with van der Waals surface area (Å²) in [7, 11) is 0. The summed E-state index contributed by atoms with van der Waals surface area (Å²) in [5.74, 6) is 0.986. The first-order valence-electron chi connectivity index (χ1n) is 6.19. The monoisotopic (exact) mass is 219 g/mol. The lowest BCUT2D eigenvalue weighted by Crippen LogP contribution is -2.24. The topological polar surface area (TPSA) is 21.3 Å². The van der Waals surface area contributed by atoms with E-state index in [4.69, 9.17) is 4.74 Å². The second kappa shape index (κ2) is 4.88. The number of rotatable bonds is 4. The Balaban J connectivity index is 2.06. The summed E-state index contributed by atoms with van der Waals surface area (Å²) in [6.45, 7) is 7.47. The SMILES string of the molecule is CCCOc1ccc(C2(C)CCNC2)cc1. The first-order chi connectivity index (χ1) is 7.74. The maximum atomic E-state index is 5.59. The van der Waals surface area contributed by atoms with Gasteiger partial charge in [0, 0.05) is 12.0 Å². The third-order valence-electron chi connectivity index (χ3n) is 3.39. The molecule has 0 aliphatic carbocycles. The third-order valence-corrected chi connectivity index (χ3v) is 3.39. The van der Waals surface area contributed by atoms with Gasteiger partial charge in [-0.3, -0.25) is 0 Å². The molecular weight excluding hydrogens is 198 g/mol. The predicted molar refractivity (Wildman–Crippen MR) is 67.1 cm³/mol. The number of ether oxygens (including phenoxy) is 1. The smallest absolute Gasteiger partial charge is 0.119 e. The molecule has 1 aromatic carbocycles. The van der Waals surface area contributed by atoms with Gasteiger partial charge in [0.2, 0.25) is 0 Å². The van der Waals surface area contributed by atoms with Crippen molar-refractivity contribution in [3.8, 4) is 5.75 Å². The molecular formula is C14H21NO. The molecule has 0 amide bonds. The van der Waals surface area contributed by atoms with Gasteiger partial charge in [0.1, 0.15) is 5.75 Å². The summed E-state index contributed by atoms with van der Waals surface area (Å²) in [5.41, 5.74) is 1.73. The molecule has 1 atom stereocenters. The summed E-state index contributed by atoms with van der Waals surface area (Å²) in [6, 6.07) is 8.60. The zero-order valence-electron chi connectivity index (χ0n) is 10.3. The molecule has 2 nitrogen and oxygen atoms in total. The highest BCUT2D eigenvalue weighted by atomic mass is 16.5. The molecule has 0 bridgehead atoms. The van der Waals surface area contributed by atoms with Crippen molar-refractivity contribution in [3.63, 3.8) is 0 Å². The van der Waals surface area contributed by atoms with Crippen molar-refractivity contribution >= 4 is 0 Å². The van der Waals surface area contributed by atoms with Crippen molar-refractivity contribution < 1.29 is 4.74 Å². The minimum atomic E-state index is 0.309. The Bertz CT molecular complexity index is 325. The Morgan fingerprint density at radius 1 is 1.31 bits per heavy atom. The Morgan fingerprint density at radius 3 is 2.62 bits per heavy atom. The normalized spacial score (nSPS) is 24.6. The molecule has 1 heterocycles. The molecule has 88 valence electrons. The minimum absolute atomic E-state index is 0.309. The number of hydrogen-bond donors (Lipinski definition) is 1. The van der Waals surface area contributed by atoms with Gasteiger partial charge >= 0.3 is 0 Å². The Kier molecular flexibility index (Phi) is 3.49. The maximum absolute atomic E-state index is 5.59. The van der Waals surface area contributed by atoms with Gasteiger partial charge in [-0.15, -0.1) is 0 Å². The van der Waals surface area contributed by atoms with Gasteiger partial charge < -0.3 is 10.1 Å². The van der Waals surface area contributed by atoms with Gasteiger partial charge in [-0.25, -0.2) is 0 Å². The van der Waals surface area contributed by atoms with Gasteiger partial charge in [-0.05, 0) is 37.1 Å². The van der Waals surface area contributed by atoms with Gasteiger partial charge in [0.15, 0.2) is 0 Å². The molecule has 1 aromatic rings. The van der Waals surface area contributed by atoms with Gasteiger partial charge in [0.05, 0.1) is 6.61 Å². The van der Waals surface area contributed by atoms with Gasteiger partial charge in [-0.2, -0.15) is 0 Å². The van der Waals surface area contributed by atoms with Crippen LogP contribution in [-0.2, 0) is 5.41 Å². The van der Waals surface area contributed by atoms with E-state index in [1.54, 1.807) is 0 Å². The van der Waals surface area contributed by atoms with Crippen LogP contribution in [0.5, 0.6) is 5.75 Å². The highest BCUT2D eigenvalue weighted by molar-refractivity contribution is 5.33. The highest BCUT2D eigenvalue weighted by Gasteiger charge is 2.30. The largest absolute Gasteiger partial charge is 0.494 e. The molecule has 1 fully saturated rings. The van der Waals surface area contributed by atoms with Gasteiger partial charge in [0.25, 0.3) is 0 Å². The van der Waals surface area contributed by atoms with Crippen LogP contribution in [0.1, 0.15) is 32.3 Å². The summed E-state index contributed by atoms with van der Waals surface area (Å²) in [6.07, 6.45) is 2.28. The average Bonchev–Trinajstić information content (AvgIpc) is 2.75. The van der Waals surface area contributed by atoms with E-state index in [-0.39, 0.29) is 0 Å². The third kappa shape index (κ3) is 2.38. The molecule has 0 spiro atoms. The van der Waals surface area contributed by atoms with Gasteiger partial charge in [-0.1, -0.05) is 26.0 Å². The summed E-state index contributed by atoms with van der Waals surface area (Å²) >= 11 is 0. The van der Waals surface area contributed by atoms with Crippen molar-refractivity contribution in [1.29, 1.82) is 0 Å². The van der Waals surface area contributed by atoms with Crippen molar-refractivity contribution in [2.75, 3.05) is 19.7 Å². The Morgan fingerprint density at radius 2 is 2.06 bits per heavy atom. The van der Waals surface area contributed by atoms with Crippen LogP contribution in [0.25, 0.3) is 0 Å². The quantitative estimate of drug-likeness (QED) is 0.840. The molecule has 0 saturated carbocycles. The lowest BCUT2D eigenvalue weighted by molar-refractivity contribution is 0.317. The predicted octanol–water partition coefficient (Wildman–Crippen LogP) is 2.73. The first-order valence-corrected chi connectivity index (χ1v) is 6.19. The van der Waals surface area contributed by atoms with Crippen molar-refractivity contribution in [2.24, 2.45) is 0 Å². The van der Waals surface area contributed by atoms with Crippen molar-refractivity contribution in [2.45, 2.75) is 32.1 Å². The second-order valence-corrected chi connectivity index (χ2v) is 4.86. The number of hydrogen-bond acceptors (Lipinski definition) is 2. The molecule has 1 N–H and O–H groups in total. The molecule has 1 unspecified atom stereocenters. The summed E-state index contributed by atoms with van der Waals surface area (Å²) in [5, 5.41) is 3.43. The van der Waals surface area contributed by atoms with E-state index in [1.807, 2.05) is 0 Å². The van der Waals surface area contributed by atoms with Crippen molar-refractivity contribution in [3.05, 3.63) is 29.8 Å². The van der Waals surface area contributed by atoms with E-state index in [9.17, 15) is 0 Å². The maximum Gasteiger partial charge on any atom is 0.119 e. The standard InChI is InChI=1S/C14H21NO/c1-3-10-16-13-6-4-12(5-7-13)14(2)8-9-15-11-14/h4-7,15H,3,8-11H2,1-2H3. The number of nitrogens with one attached hydrogen (secondary N) is 1. The summed E-state index contributed by atoms with van der Waals surface area (Å²) < 4.78 is 5.59. The fourth-order valence-electron chi connectivity index (χ4n) is 2.24. The van der Waals surface area contributed by atoms with E-state index in [0.717, 1.165) is 31.9 Å². The fraction of sp³-hybridized carbons (Fsp3) is 0.571. The van der Waals surface area contributed by atoms with Crippen molar-refractivity contribution in [1.82, 2.24) is 5.32 Å². The van der Waals surface area contributed by atoms with Crippen LogP contribution in [0.3, 0.4) is 0 Å². The molecule has 0 radical (unpaired) electrons. The van der Waals surface area contributed by atoms with E-state index < -0.39 is 0 Å². The molecule has 2 rings (SSSR count). The second-order valence-electron chi connectivity index (χ2n) is 4.86. The van der Waals surface area contributed by atoms with Crippen LogP contribution >= 0.6 is 0 Å². The Labute approximate surface area is 98.0 Å². The zero-order chi connectivity index (χ0) is 11.4. The average molecular weight is 219 g/mol. The van der Waals surface area contributed by atoms with E-state index in [1.165, 1.54) is 12.0 Å². The zero-order valence-corrected chi connectivity index (χ0v) is 10.3. The summed E-state index contributed by atoms with van der Waals surface area (Å²) in [4.78, 5) is 0. The Hall–Kier alpha value is -1.02. The van der Waals surface area contributed by atoms with Crippen LogP contribution in [0.15, 0.2) is 24.3 Å². The minimum Gasteiger partial charge on any atom is -0.494 e. The van der Waals surface area contributed by atoms with Crippen LogP contribution in [0, 0.1) is 0 Å². The lowest BCUT2D eigenvalue weighted by atomic mass is 9.82. The molecule has 16 heavy (non-hydrogen) atoms. The van der Waals surface area contributed by atoms with Crippen LogP contribution < -0.4 is 10.1 Å². The molecule has 2 heteroatoms. The fourth-order valence-corrected chi connectivity index (χ4v) is 2.24. The number of benzene rings is 1. The highest BCUT2D eigenvalue weighted by Crippen LogP contribution is 2.31. The molecule has 0 aromatic heterocycles. The van der Waals surface area contributed by atoms with Crippen LogP contribution in [-0.4, -0.2) is 19.7 Å². The molecule has 1 saturated heterocycles. The lowest BCUT2D eigenvalue weighted by Gasteiger charge is -2.23. The van der Waals surface area contributed by atoms with Crippen LogP contribution in [0.4, 0.5) is 0 Å². The first kappa shape index (κ1) is 11.5. The molecule has 1 aliphatic rings. The van der Waals surface area contributed by atoms with E-state index in [0.29, 0.717) is 5.41 Å². The van der Waals surface area contributed by atoms with E-state index in [2.05, 4.69) is 43.4 Å². The molecule has 1 aliphatic heterocycles. The van der Waals surface area contributed by atoms with E-state index >= 15 is 0 Å². The van der Waals surface area contributed by atoms with Crippen LogP contribution in [0.2, 0.25) is 0 Å².